The molecule has 0 aromatic heterocycles. The smallest absolute Gasteiger partial charge is 0.416 e. The van der Waals surface area contributed by atoms with Gasteiger partial charge >= 0.3 is 6.18 Å². The van der Waals surface area contributed by atoms with Crippen molar-refractivity contribution < 1.29 is 27.4 Å². The molecule has 5 rings (SSSR count). The van der Waals surface area contributed by atoms with Gasteiger partial charge in [0.25, 0.3) is 5.91 Å². The molecule has 2 aliphatic rings. The van der Waals surface area contributed by atoms with E-state index in [9.17, 15) is 18.0 Å². The minimum atomic E-state index is -4.52. The number of hydrogen-bond acceptors (Lipinski definition) is 4. The highest BCUT2D eigenvalue weighted by molar-refractivity contribution is 6.12. The third-order valence-electron chi connectivity index (χ3n) is 5.26. The van der Waals surface area contributed by atoms with Crippen LogP contribution in [0.4, 0.5) is 24.5 Å². The highest BCUT2D eigenvalue weighted by Crippen LogP contribution is 2.41. The maximum atomic E-state index is 13.4. The molecule has 0 saturated carbocycles. The number of para-hydroxylation sites is 1. The number of fused-ring (bicyclic) bond motifs is 2. The van der Waals surface area contributed by atoms with E-state index in [1.165, 1.54) is 17.0 Å². The number of benzene rings is 3. The molecule has 0 aliphatic carbocycles. The zero-order valence-electron chi connectivity index (χ0n) is 16.1. The van der Waals surface area contributed by atoms with E-state index in [-0.39, 0.29) is 5.69 Å². The molecule has 2 heterocycles. The van der Waals surface area contributed by atoms with Crippen LogP contribution in [0.15, 0.2) is 66.7 Å². The highest BCUT2D eigenvalue weighted by Gasteiger charge is 2.36. The van der Waals surface area contributed by atoms with Crippen LogP contribution < -0.4 is 19.7 Å². The first-order valence-electron chi connectivity index (χ1n) is 9.68. The number of rotatable bonds is 2. The van der Waals surface area contributed by atoms with Crippen LogP contribution in [0.2, 0.25) is 0 Å². The van der Waals surface area contributed by atoms with Gasteiger partial charge in [0.15, 0.2) is 11.5 Å². The summed E-state index contributed by atoms with van der Waals surface area (Å²) < 4.78 is 51.2. The lowest BCUT2D eigenvalue weighted by atomic mass is 10.0. The summed E-state index contributed by atoms with van der Waals surface area (Å²) in [6.07, 6.45) is -5.26. The van der Waals surface area contributed by atoms with Crippen molar-refractivity contribution in [3.8, 4) is 11.5 Å². The molecule has 8 heteroatoms. The first-order valence-corrected chi connectivity index (χ1v) is 9.68. The topological polar surface area (TPSA) is 50.8 Å². The van der Waals surface area contributed by atoms with Crippen LogP contribution >= 0.6 is 0 Å². The lowest BCUT2D eigenvalue weighted by Gasteiger charge is -2.38. The van der Waals surface area contributed by atoms with Crippen molar-refractivity contribution in [3.05, 3.63) is 83.4 Å². The minimum Gasteiger partial charge on any atom is -0.486 e. The van der Waals surface area contributed by atoms with Crippen molar-refractivity contribution >= 4 is 17.3 Å². The molecule has 5 nitrogen and oxygen atoms in total. The van der Waals surface area contributed by atoms with Gasteiger partial charge < -0.3 is 14.8 Å². The van der Waals surface area contributed by atoms with Gasteiger partial charge in [0.2, 0.25) is 0 Å². The van der Waals surface area contributed by atoms with Crippen LogP contribution in [-0.4, -0.2) is 19.1 Å². The zero-order chi connectivity index (χ0) is 21.6. The first-order chi connectivity index (χ1) is 14.9. The fraction of sp³-hybridized carbons (Fsp3) is 0.174. The summed E-state index contributed by atoms with van der Waals surface area (Å²) in [5.74, 6) is 0.720. The molecule has 1 N–H and O–H groups in total. The van der Waals surface area contributed by atoms with Gasteiger partial charge in [-0.3, -0.25) is 9.69 Å². The van der Waals surface area contributed by atoms with E-state index in [2.05, 4.69) is 5.32 Å². The molecule has 1 unspecified atom stereocenters. The van der Waals surface area contributed by atoms with Crippen molar-refractivity contribution in [1.29, 1.82) is 0 Å². The van der Waals surface area contributed by atoms with Crippen molar-refractivity contribution in [2.75, 3.05) is 23.4 Å². The normalized spacial score (nSPS) is 17.7. The predicted molar refractivity (Wildman–Crippen MR) is 108 cm³/mol. The highest BCUT2D eigenvalue weighted by atomic mass is 19.4. The second-order valence-electron chi connectivity index (χ2n) is 7.22. The van der Waals surface area contributed by atoms with E-state index in [0.717, 1.165) is 12.1 Å². The number of ether oxygens (including phenoxy) is 2. The van der Waals surface area contributed by atoms with E-state index in [4.69, 9.17) is 9.47 Å². The van der Waals surface area contributed by atoms with Gasteiger partial charge in [0.1, 0.15) is 19.4 Å². The molecule has 0 radical (unpaired) electrons. The molecule has 0 fully saturated rings. The zero-order valence-corrected chi connectivity index (χ0v) is 16.1. The number of nitrogens with zero attached hydrogens (tertiary/aromatic N) is 1. The van der Waals surface area contributed by atoms with Crippen LogP contribution in [0.3, 0.4) is 0 Å². The molecular weight excluding hydrogens is 409 g/mol. The predicted octanol–water partition coefficient (Wildman–Crippen LogP) is 5.25. The molecule has 0 spiro atoms. The summed E-state index contributed by atoms with van der Waals surface area (Å²) in [5.41, 5.74) is 0.966. The number of alkyl halides is 3. The average Bonchev–Trinajstić information content (AvgIpc) is 2.78. The van der Waals surface area contributed by atoms with Gasteiger partial charge in [-0.05, 0) is 48.0 Å². The van der Waals surface area contributed by atoms with Gasteiger partial charge in [-0.15, -0.1) is 0 Å². The summed E-state index contributed by atoms with van der Waals surface area (Å²) in [6.45, 7) is 0.837. The molecule has 0 bridgehead atoms. The van der Waals surface area contributed by atoms with Crippen molar-refractivity contribution in [3.63, 3.8) is 0 Å². The van der Waals surface area contributed by atoms with Crippen LogP contribution in [0.1, 0.15) is 27.7 Å². The Hall–Kier alpha value is -3.68. The maximum absolute atomic E-state index is 13.4. The van der Waals surface area contributed by atoms with Gasteiger partial charge in [-0.1, -0.05) is 24.3 Å². The van der Waals surface area contributed by atoms with E-state index < -0.39 is 23.8 Å². The Morgan fingerprint density at radius 2 is 1.68 bits per heavy atom. The van der Waals surface area contributed by atoms with Crippen molar-refractivity contribution in [1.82, 2.24) is 0 Å². The molecule has 31 heavy (non-hydrogen) atoms. The van der Waals surface area contributed by atoms with Crippen LogP contribution in [-0.2, 0) is 6.18 Å². The Kier molecular flexibility index (Phi) is 4.50. The maximum Gasteiger partial charge on any atom is 0.416 e. The lowest BCUT2D eigenvalue weighted by Crippen LogP contribution is -2.43. The summed E-state index contributed by atoms with van der Waals surface area (Å²) in [5, 5.41) is 3.28. The number of amides is 1. The third kappa shape index (κ3) is 3.43. The second kappa shape index (κ2) is 7.23. The summed E-state index contributed by atoms with van der Waals surface area (Å²) in [6, 6.07) is 16.9. The number of halogens is 3. The second-order valence-corrected chi connectivity index (χ2v) is 7.22. The van der Waals surface area contributed by atoms with E-state index >= 15 is 0 Å². The number of carbonyl (C=O) groups excluding carboxylic acids is 1. The number of hydrogen-bond donors (Lipinski definition) is 1. The van der Waals surface area contributed by atoms with Gasteiger partial charge in [-0.25, -0.2) is 0 Å². The first kappa shape index (κ1) is 19.3. The number of anilines is 2. The molecule has 158 valence electrons. The van der Waals surface area contributed by atoms with Crippen LogP contribution in [0.5, 0.6) is 11.5 Å². The molecule has 0 saturated heterocycles. The van der Waals surface area contributed by atoms with Gasteiger partial charge in [0, 0.05) is 11.4 Å². The van der Waals surface area contributed by atoms with E-state index in [0.29, 0.717) is 41.5 Å². The number of nitrogens with one attached hydrogen (secondary N) is 1. The lowest BCUT2D eigenvalue weighted by molar-refractivity contribution is -0.137. The monoisotopic (exact) mass is 426 g/mol. The molecular formula is C23H17F3N2O3. The Balaban J connectivity index is 1.64. The summed E-state index contributed by atoms with van der Waals surface area (Å²) in [4.78, 5) is 14.7. The fourth-order valence-corrected chi connectivity index (χ4v) is 3.82. The third-order valence-corrected chi connectivity index (χ3v) is 5.26. The van der Waals surface area contributed by atoms with Crippen molar-refractivity contribution in [2.24, 2.45) is 0 Å². The summed E-state index contributed by atoms with van der Waals surface area (Å²) >= 11 is 0. The van der Waals surface area contributed by atoms with Crippen molar-refractivity contribution in [2.45, 2.75) is 12.3 Å². The number of carbonyl (C=O) groups is 1. The average molecular weight is 426 g/mol. The Morgan fingerprint density at radius 1 is 0.903 bits per heavy atom. The quantitative estimate of drug-likeness (QED) is 0.608. The van der Waals surface area contributed by atoms with Gasteiger partial charge in [-0.2, -0.15) is 13.2 Å². The molecule has 1 atom stereocenters. The standard InChI is InChI=1S/C23H17F3N2O3/c24-23(25,26)15-4-3-5-16(13-15)28-21(27-18-7-2-1-6-17(18)22(28)29)14-8-9-19-20(12-14)31-11-10-30-19/h1-9,12-13,21,27H,10-11H2. The summed E-state index contributed by atoms with van der Waals surface area (Å²) in [7, 11) is 0. The Bertz CT molecular complexity index is 1160. The molecule has 3 aromatic carbocycles. The van der Waals surface area contributed by atoms with E-state index in [1.54, 1.807) is 42.5 Å². The molecule has 3 aromatic rings. The molecule has 2 aliphatic heterocycles. The minimum absolute atomic E-state index is 0.140. The Labute approximate surface area is 176 Å². The fourth-order valence-electron chi connectivity index (χ4n) is 3.82. The van der Waals surface area contributed by atoms with Gasteiger partial charge in [0.05, 0.1) is 11.1 Å². The largest absolute Gasteiger partial charge is 0.486 e. The molecule has 1 amide bonds. The van der Waals surface area contributed by atoms with Crippen LogP contribution in [0.25, 0.3) is 0 Å². The van der Waals surface area contributed by atoms with E-state index in [1.807, 2.05) is 0 Å². The SMILES string of the molecule is O=C1c2ccccc2NC(c2ccc3c(c2)OCCO3)N1c1cccc(C(F)(F)F)c1. The van der Waals surface area contributed by atoms with Crippen LogP contribution in [0, 0.1) is 0 Å². The Morgan fingerprint density at radius 3 is 2.48 bits per heavy atom.